The van der Waals surface area contributed by atoms with E-state index in [1.54, 1.807) is 0 Å². The van der Waals surface area contributed by atoms with E-state index in [1.165, 1.54) is 12.8 Å². The van der Waals surface area contributed by atoms with Crippen LogP contribution in [0.15, 0.2) is 0 Å². The van der Waals surface area contributed by atoms with E-state index in [4.69, 9.17) is 13.3 Å². The fraction of sp³-hybridized carbons (Fsp3) is 1.00. The minimum absolute atomic E-state index is 0.669. The van der Waals surface area contributed by atoms with Gasteiger partial charge in [-0.2, -0.15) is 0 Å². The minimum Gasteiger partial charge on any atom is -0.371 e. The molecule has 0 atom stereocenters. The third kappa shape index (κ3) is 8.43. The van der Waals surface area contributed by atoms with E-state index in [9.17, 15) is 0 Å². The summed E-state index contributed by atoms with van der Waals surface area (Å²) in [5.74, 6) is 0. The first kappa shape index (κ1) is 13.1. The van der Waals surface area contributed by atoms with Crippen molar-refractivity contribution in [2.45, 2.75) is 40.0 Å². The van der Waals surface area contributed by atoms with Gasteiger partial charge in [0, 0.05) is 19.8 Å². The molecule has 0 bridgehead atoms. The molecule has 0 spiro atoms. The average Bonchev–Trinajstić information content (AvgIpc) is 2.13. The largest absolute Gasteiger partial charge is 0.577 e. The van der Waals surface area contributed by atoms with Crippen LogP contribution in [0.1, 0.15) is 40.0 Å². The fourth-order valence-electron chi connectivity index (χ4n) is 0.868. The predicted octanol–water partition coefficient (Wildman–Crippen LogP) is 2.25. The molecule has 0 aliphatic heterocycles. The molecule has 0 aromatic carbocycles. The highest BCUT2D eigenvalue weighted by Gasteiger charge is 2.16. The molecular formula is C9H21O3Si. The molecule has 0 saturated carbocycles. The number of rotatable bonds is 9. The van der Waals surface area contributed by atoms with Crippen molar-refractivity contribution in [1.82, 2.24) is 0 Å². The van der Waals surface area contributed by atoms with Gasteiger partial charge in [0.05, 0.1) is 0 Å². The van der Waals surface area contributed by atoms with Crippen LogP contribution in [-0.4, -0.2) is 29.3 Å². The van der Waals surface area contributed by atoms with Crippen LogP contribution in [0.3, 0.4) is 0 Å². The van der Waals surface area contributed by atoms with Crippen molar-refractivity contribution < 1.29 is 13.3 Å². The Morgan fingerprint density at radius 3 is 1.92 bits per heavy atom. The van der Waals surface area contributed by atoms with E-state index in [-0.39, 0.29) is 0 Å². The minimum atomic E-state index is -1.43. The highest BCUT2D eigenvalue weighted by Crippen LogP contribution is 1.98. The maximum absolute atomic E-state index is 5.48. The molecule has 0 amide bonds. The van der Waals surface area contributed by atoms with Gasteiger partial charge >= 0.3 is 9.53 Å². The summed E-state index contributed by atoms with van der Waals surface area (Å²) in [7, 11) is -1.43. The SMILES string of the molecule is CCCCCO[Si](OCC)OCC. The average molecular weight is 205 g/mol. The van der Waals surface area contributed by atoms with Crippen LogP contribution in [0.25, 0.3) is 0 Å². The van der Waals surface area contributed by atoms with E-state index in [0.29, 0.717) is 13.2 Å². The van der Waals surface area contributed by atoms with E-state index >= 15 is 0 Å². The lowest BCUT2D eigenvalue weighted by atomic mass is 10.3. The maximum atomic E-state index is 5.48. The topological polar surface area (TPSA) is 27.7 Å². The third-order valence-corrected chi connectivity index (χ3v) is 2.98. The summed E-state index contributed by atoms with van der Waals surface area (Å²) >= 11 is 0. The fourth-order valence-corrected chi connectivity index (χ4v) is 1.90. The van der Waals surface area contributed by atoms with Crippen molar-refractivity contribution in [2.24, 2.45) is 0 Å². The summed E-state index contributed by atoms with van der Waals surface area (Å²) in [6.45, 7) is 8.20. The molecule has 0 N–H and O–H groups in total. The van der Waals surface area contributed by atoms with Crippen molar-refractivity contribution in [1.29, 1.82) is 0 Å². The van der Waals surface area contributed by atoms with Crippen LogP contribution < -0.4 is 0 Å². The Bertz CT molecular complexity index is 94.9. The van der Waals surface area contributed by atoms with Crippen molar-refractivity contribution in [3.8, 4) is 0 Å². The normalized spacial score (nSPS) is 11.1. The Labute approximate surface area is 83.3 Å². The third-order valence-electron chi connectivity index (χ3n) is 1.49. The van der Waals surface area contributed by atoms with Gasteiger partial charge in [-0.15, -0.1) is 0 Å². The van der Waals surface area contributed by atoms with Gasteiger partial charge in [0.15, 0.2) is 0 Å². The Kier molecular flexibility index (Phi) is 10.3. The van der Waals surface area contributed by atoms with Gasteiger partial charge < -0.3 is 13.3 Å². The Morgan fingerprint density at radius 2 is 1.46 bits per heavy atom. The van der Waals surface area contributed by atoms with Crippen LogP contribution >= 0.6 is 0 Å². The zero-order valence-corrected chi connectivity index (χ0v) is 9.97. The molecule has 1 radical (unpaired) electrons. The summed E-state index contributed by atoms with van der Waals surface area (Å²) < 4.78 is 16.1. The zero-order valence-electron chi connectivity index (χ0n) is 8.97. The molecule has 0 saturated heterocycles. The lowest BCUT2D eigenvalue weighted by Gasteiger charge is -2.12. The number of hydrogen-bond acceptors (Lipinski definition) is 3. The first-order chi connectivity index (χ1) is 6.35. The predicted molar refractivity (Wildman–Crippen MR) is 54.5 cm³/mol. The van der Waals surface area contributed by atoms with E-state index in [0.717, 1.165) is 13.0 Å². The molecule has 0 heterocycles. The highest BCUT2D eigenvalue weighted by atomic mass is 28.3. The summed E-state index contributed by atoms with van der Waals surface area (Å²) in [6.07, 6.45) is 3.53. The molecule has 4 heteroatoms. The first-order valence-electron chi connectivity index (χ1n) is 5.10. The lowest BCUT2D eigenvalue weighted by molar-refractivity contribution is 0.100. The summed E-state index contributed by atoms with van der Waals surface area (Å²) in [5.41, 5.74) is 0. The molecule has 0 aromatic heterocycles. The Hall–Kier alpha value is 0.0969. The lowest BCUT2D eigenvalue weighted by Crippen LogP contribution is -2.27. The Balaban J connectivity index is 3.33. The molecule has 79 valence electrons. The molecule has 3 nitrogen and oxygen atoms in total. The van der Waals surface area contributed by atoms with Crippen molar-refractivity contribution >= 4 is 9.53 Å². The molecule has 0 aliphatic carbocycles. The second-order valence-electron chi connectivity index (χ2n) is 2.67. The zero-order chi connectivity index (χ0) is 9.94. The smallest absolute Gasteiger partial charge is 0.371 e. The van der Waals surface area contributed by atoms with Crippen molar-refractivity contribution in [3.63, 3.8) is 0 Å². The molecular weight excluding hydrogens is 184 g/mol. The van der Waals surface area contributed by atoms with Crippen LogP contribution in [0.4, 0.5) is 0 Å². The van der Waals surface area contributed by atoms with E-state index < -0.39 is 9.53 Å². The Morgan fingerprint density at radius 1 is 0.846 bits per heavy atom. The summed E-state index contributed by atoms with van der Waals surface area (Å²) in [5, 5.41) is 0. The van der Waals surface area contributed by atoms with Gasteiger partial charge in [0.2, 0.25) is 0 Å². The van der Waals surface area contributed by atoms with Crippen LogP contribution in [0.5, 0.6) is 0 Å². The molecule has 0 aliphatic rings. The molecule has 0 unspecified atom stereocenters. The van der Waals surface area contributed by atoms with Gasteiger partial charge in [-0.05, 0) is 20.3 Å². The van der Waals surface area contributed by atoms with Gasteiger partial charge in [0.1, 0.15) is 0 Å². The van der Waals surface area contributed by atoms with E-state index in [1.807, 2.05) is 13.8 Å². The van der Waals surface area contributed by atoms with Crippen molar-refractivity contribution in [3.05, 3.63) is 0 Å². The highest BCUT2D eigenvalue weighted by molar-refractivity contribution is 6.36. The quantitative estimate of drug-likeness (QED) is 0.427. The second-order valence-corrected chi connectivity index (χ2v) is 4.04. The molecule has 0 aromatic rings. The number of hydrogen-bond donors (Lipinski definition) is 0. The maximum Gasteiger partial charge on any atom is 0.577 e. The van der Waals surface area contributed by atoms with Gasteiger partial charge in [-0.1, -0.05) is 19.8 Å². The van der Waals surface area contributed by atoms with E-state index in [2.05, 4.69) is 6.92 Å². The number of unbranched alkanes of at least 4 members (excludes halogenated alkanes) is 2. The van der Waals surface area contributed by atoms with Gasteiger partial charge in [0.25, 0.3) is 0 Å². The molecule has 13 heavy (non-hydrogen) atoms. The standard InChI is InChI=1S/C9H21O3Si/c1-4-7-8-9-12-13(10-5-2)11-6-3/h4-9H2,1-3H3. The molecule has 0 fully saturated rings. The van der Waals surface area contributed by atoms with Gasteiger partial charge in [-0.25, -0.2) is 0 Å². The van der Waals surface area contributed by atoms with Crippen molar-refractivity contribution in [2.75, 3.05) is 19.8 Å². The van der Waals surface area contributed by atoms with Crippen LogP contribution in [-0.2, 0) is 13.3 Å². The summed E-state index contributed by atoms with van der Waals surface area (Å²) in [4.78, 5) is 0. The van der Waals surface area contributed by atoms with Crippen LogP contribution in [0.2, 0.25) is 0 Å². The van der Waals surface area contributed by atoms with Crippen LogP contribution in [0, 0.1) is 0 Å². The monoisotopic (exact) mass is 205 g/mol. The second kappa shape index (κ2) is 10.2. The molecule has 0 rings (SSSR count). The first-order valence-corrected chi connectivity index (χ1v) is 6.32. The van der Waals surface area contributed by atoms with Gasteiger partial charge in [-0.3, -0.25) is 0 Å². The summed E-state index contributed by atoms with van der Waals surface area (Å²) in [6, 6.07) is 0.